The molecule has 3 aromatic carbocycles. The van der Waals surface area contributed by atoms with Crippen molar-refractivity contribution >= 4 is 56.0 Å². The first-order valence-corrected chi connectivity index (χ1v) is 10.7. The molecule has 0 aliphatic heterocycles. The molecule has 0 unspecified atom stereocenters. The minimum Gasteiger partial charge on any atom is -0.422 e. The second kappa shape index (κ2) is 9.63. The molecule has 0 aliphatic carbocycles. The van der Waals surface area contributed by atoms with Crippen molar-refractivity contribution in [3.8, 4) is 0 Å². The van der Waals surface area contributed by atoms with Crippen molar-refractivity contribution in [1.29, 1.82) is 0 Å². The number of hydrogen-bond acceptors (Lipinski definition) is 6. The molecule has 1 N–H and O–H groups in total. The average molecular weight is 519 g/mol. The second-order valence-electron chi connectivity index (χ2n) is 7.18. The lowest BCUT2D eigenvalue weighted by atomic mass is 10.1. The highest BCUT2D eigenvalue weighted by atomic mass is 79.9. The minimum absolute atomic E-state index is 0.112. The maximum atomic E-state index is 12.8. The molecule has 0 radical (unpaired) electrons. The van der Waals surface area contributed by atoms with E-state index in [4.69, 9.17) is 4.42 Å². The summed E-state index contributed by atoms with van der Waals surface area (Å²) in [6.07, 6.45) is 3.04. The van der Waals surface area contributed by atoms with Crippen molar-refractivity contribution in [3.05, 3.63) is 121 Å². The Kier molecular flexibility index (Phi) is 6.46. The Bertz CT molecular complexity index is 1520. The summed E-state index contributed by atoms with van der Waals surface area (Å²) in [5.74, 6) is -1.15. The Hall–Kier alpha value is -4.37. The van der Waals surface area contributed by atoms with Gasteiger partial charge in [0.05, 0.1) is 10.6 Å². The molecule has 0 saturated carbocycles. The molecular formula is C25H15BrN2O6. The van der Waals surface area contributed by atoms with Gasteiger partial charge in [-0.05, 0) is 48.0 Å². The third-order valence-electron chi connectivity index (χ3n) is 4.91. The number of allylic oxidation sites excluding steroid dienone is 1. The van der Waals surface area contributed by atoms with Crippen LogP contribution in [-0.4, -0.2) is 16.6 Å². The molecule has 0 atom stereocenters. The molecule has 34 heavy (non-hydrogen) atoms. The van der Waals surface area contributed by atoms with Crippen LogP contribution >= 0.6 is 15.9 Å². The van der Waals surface area contributed by atoms with Crippen LogP contribution < -0.4 is 10.9 Å². The van der Waals surface area contributed by atoms with Gasteiger partial charge in [-0.3, -0.25) is 19.7 Å². The average Bonchev–Trinajstić information content (AvgIpc) is 2.83. The van der Waals surface area contributed by atoms with E-state index in [0.29, 0.717) is 0 Å². The van der Waals surface area contributed by atoms with Gasteiger partial charge >= 0.3 is 5.63 Å². The summed E-state index contributed by atoms with van der Waals surface area (Å²) in [7, 11) is 0. The van der Waals surface area contributed by atoms with E-state index in [0.717, 1.165) is 10.0 Å². The SMILES string of the molecule is O=C(C=Cc1ccc(Br)cc1)c1ccccc1NC(=O)c1cc2cc([N+](=O)[O-])ccc2oc1=O. The van der Waals surface area contributed by atoms with Crippen LogP contribution in [0.5, 0.6) is 0 Å². The number of fused-ring (bicyclic) bond motifs is 1. The van der Waals surface area contributed by atoms with Gasteiger partial charge in [0, 0.05) is 27.6 Å². The van der Waals surface area contributed by atoms with Crippen LogP contribution in [0.2, 0.25) is 0 Å². The zero-order valence-electron chi connectivity index (χ0n) is 17.4. The van der Waals surface area contributed by atoms with Crippen LogP contribution in [0.3, 0.4) is 0 Å². The van der Waals surface area contributed by atoms with Crippen molar-refractivity contribution in [2.45, 2.75) is 0 Å². The predicted molar refractivity (Wildman–Crippen MR) is 131 cm³/mol. The number of nitrogens with one attached hydrogen (secondary N) is 1. The van der Waals surface area contributed by atoms with Crippen LogP contribution in [0.15, 0.2) is 92.6 Å². The highest BCUT2D eigenvalue weighted by molar-refractivity contribution is 9.10. The maximum absolute atomic E-state index is 12.8. The Morgan fingerprint density at radius 2 is 1.71 bits per heavy atom. The standard InChI is InChI=1S/C25H15BrN2O6/c26-17-8-5-15(6-9-17)7-11-22(29)19-3-1-2-4-21(19)27-24(30)20-14-16-13-18(28(32)33)10-12-23(16)34-25(20)31/h1-14H,(H,27,30). The number of non-ortho nitro benzene ring substituents is 1. The summed E-state index contributed by atoms with van der Waals surface area (Å²) in [6.45, 7) is 0. The fourth-order valence-corrected chi connectivity index (χ4v) is 3.48. The number of anilines is 1. The molecule has 1 aromatic heterocycles. The van der Waals surface area contributed by atoms with Crippen LogP contribution in [0, 0.1) is 10.1 Å². The summed E-state index contributed by atoms with van der Waals surface area (Å²) < 4.78 is 6.05. The quantitative estimate of drug-likeness (QED) is 0.116. The molecule has 0 saturated heterocycles. The number of benzene rings is 3. The highest BCUT2D eigenvalue weighted by Crippen LogP contribution is 2.22. The van der Waals surface area contributed by atoms with Gasteiger partial charge in [0.1, 0.15) is 11.1 Å². The molecular weight excluding hydrogens is 504 g/mol. The van der Waals surface area contributed by atoms with E-state index in [1.54, 1.807) is 24.3 Å². The van der Waals surface area contributed by atoms with Crippen molar-refractivity contribution in [1.82, 2.24) is 0 Å². The number of hydrogen-bond donors (Lipinski definition) is 1. The lowest BCUT2D eigenvalue weighted by Crippen LogP contribution is -2.21. The van der Waals surface area contributed by atoms with Gasteiger partial charge in [0.25, 0.3) is 11.6 Å². The van der Waals surface area contributed by atoms with Gasteiger partial charge in [-0.1, -0.05) is 46.3 Å². The first-order chi connectivity index (χ1) is 16.3. The van der Waals surface area contributed by atoms with Crippen molar-refractivity contribution in [2.24, 2.45) is 0 Å². The van der Waals surface area contributed by atoms with Crippen LogP contribution in [-0.2, 0) is 0 Å². The largest absolute Gasteiger partial charge is 0.422 e. The third kappa shape index (κ3) is 5.00. The summed E-state index contributed by atoms with van der Waals surface area (Å²) in [5, 5.41) is 13.8. The normalized spacial score (nSPS) is 11.0. The number of carbonyl (C=O) groups excluding carboxylic acids is 2. The molecule has 4 rings (SSSR count). The number of rotatable bonds is 6. The van der Waals surface area contributed by atoms with Crippen LogP contribution in [0.1, 0.15) is 26.3 Å². The predicted octanol–water partition coefficient (Wildman–Crippen LogP) is 5.61. The summed E-state index contributed by atoms with van der Waals surface area (Å²) in [6, 6.07) is 18.7. The monoisotopic (exact) mass is 518 g/mol. The van der Waals surface area contributed by atoms with Crippen LogP contribution in [0.25, 0.3) is 17.0 Å². The van der Waals surface area contributed by atoms with Crippen LogP contribution in [0.4, 0.5) is 11.4 Å². The topological polar surface area (TPSA) is 120 Å². The first kappa shape index (κ1) is 22.8. The number of halogens is 1. The molecule has 4 aromatic rings. The fourth-order valence-electron chi connectivity index (χ4n) is 3.21. The fraction of sp³-hybridized carbons (Fsp3) is 0. The lowest BCUT2D eigenvalue weighted by Gasteiger charge is -2.09. The van der Waals surface area contributed by atoms with Crippen molar-refractivity contribution in [3.63, 3.8) is 0 Å². The van der Waals surface area contributed by atoms with Gasteiger partial charge in [0.15, 0.2) is 5.78 Å². The van der Waals surface area contributed by atoms with E-state index in [1.807, 2.05) is 24.3 Å². The molecule has 168 valence electrons. The first-order valence-electron chi connectivity index (χ1n) is 9.92. The zero-order chi connectivity index (χ0) is 24.2. The Labute approximate surface area is 200 Å². The summed E-state index contributed by atoms with van der Waals surface area (Å²) >= 11 is 3.35. The number of nitro benzene ring substituents is 1. The van der Waals surface area contributed by atoms with Gasteiger partial charge in [-0.15, -0.1) is 0 Å². The van der Waals surface area contributed by atoms with Crippen molar-refractivity contribution < 1.29 is 18.9 Å². The van der Waals surface area contributed by atoms with E-state index in [1.165, 1.54) is 36.4 Å². The van der Waals surface area contributed by atoms with Gasteiger partial charge in [-0.2, -0.15) is 0 Å². The van der Waals surface area contributed by atoms with E-state index < -0.39 is 16.5 Å². The molecule has 0 aliphatic rings. The van der Waals surface area contributed by atoms with Gasteiger partial charge in [0.2, 0.25) is 0 Å². The number of ketones is 1. The summed E-state index contributed by atoms with van der Waals surface area (Å²) in [5.41, 5.74) is -0.0945. The minimum atomic E-state index is -0.905. The van der Waals surface area contributed by atoms with Crippen molar-refractivity contribution in [2.75, 3.05) is 5.32 Å². The lowest BCUT2D eigenvalue weighted by molar-refractivity contribution is -0.384. The zero-order valence-corrected chi connectivity index (χ0v) is 18.9. The molecule has 0 spiro atoms. The number of nitro groups is 1. The number of nitrogens with zero attached hydrogens (tertiary/aromatic N) is 1. The number of amides is 1. The second-order valence-corrected chi connectivity index (χ2v) is 8.09. The third-order valence-corrected chi connectivity index (χ3v) is 5.44. The molecule has 0 fully saturated rings. The maximum Gasteiger partial charge on any atom is 0.349 e. The highest BCUT2D eigenvalue weighted by Gasteiger charge is 2.18. The Morgan fingerprint density at radius 3 is 2.44 bits per heavy atom. The van der Waals surface area contributed by atoms with Gasteiger partial charge < -0.3 is 9.73 Å². The molecule has 9 heteroatoms. The Balaban J connectivity index is 1.61. The molecule has 1 heterocycles. The Morgan fingerprint density at radius 1 is 0.971 bits per heavy atom. The summed E-state index contributed by atoms with van der Waals surface area (Å²) in [4.78, 5) is 48.4. The smallest absolute Gasteiger partial charge is 0.349 e. The van der Waals surface area contributed by atoms with Gasteiger partial charge in [-0.25, -0.2) is 4.79 Å². The number of carbonyl (C=O) groups is 2. The van der Waals surface area contributed by atoms with E-state index in [9.17, 15) is 24.5 Å². The molecule has 1 amide bonds. The van der Waals surface area contributed by atoms with E-state index in [-0.39, 0.29) is 39.3 Å². The number of para-hydroxylation sites is 1. The van der Waals surface area contributed by atoms with E-state index in [2.05, 4.69) is 21.2 Å². The van der Waals surface area contributed by atoms with E-state index >= 15 is 0 Å². The molecule has 0 bridgehead atoms. The molecule has 8 nitrogen and oxygen atoms in total.